The number of nitro benzene ring substituents is 1. The minimum absolute atomic E-state index is 0.0695. The molecule has 0 bridgehead atoms. The summed E-state index contributed by atoms with van der Waals surface area (Å²) in [4.78, 5) is 23.8. The summed E-state index contributed by atoms with van der Waals surface area (Å²) in [6, 6.07) is 2.93. The number of carbonyl (C=O) groups excluding carboxylic acids is 1. The predicted octanol–water partition coefficient (Wildman–Crippen LogP) is 1.17. The molecule has 0 saturated carbocycles. The molecule has 0 radical (unpaired) electrons. The Morgan fingerprint density at radius 1 is 1.58 bits per heavy atom. The third-order valence-corrected chi connectivity index (χ3v) is 3.15. The number of nitrogens with one attached hydrogen (secondary N) is 1. The first-order valence-corrected chi connectivity index (χ1v) is 5.96. The van der Waals surface area contributed by atoms with E-state index in [1.54, 1.807) is 0 Å². The zero-order chi connectivity index (χ0) is 14.0. The first-order chi connectivity index (χ1) is 9.00. The van der Waals surface area contributed by atoms with Gasteiger partial charge < -0.3 is 10.2 Å². The van der Waals surface area contributed by atoms with E-state index in [0.29, 0.717) is 19.6 Å². The van der Waals surface area contributed by atoms with Crippen LogP contribution in [0.1, 0.15) is 17.3 Å². The van der Waals surface area contributed by atoms with Gasteiger partial charge in [0, 0.05) is 37.8 Å². The lowest BCUT2D eigenvalue weighted by Crippen LogP contribution is -2.52. The lowest BCUT2D eigenvalue weighted by atomic mass is 10.1. The van der Waals surface area contributed by atoms with Crippen molar-refractivity contribution in [3.8, 4) is 0 Å². The molecule has 0 unspecified atom stereocenters. The zero-order valence-corrected chi connectivity index (χ0v) is 10.4. The highest BCUT2D eigenvalue weighted by molar-refractivity contribution is 5.95. The quantitative estimate of drug-likeness (QED) is 0.644. The molecule has 1 fully saturated rings. The fourth-order valence-corrected chi connectivity index (χ4v) is 2.09. The summed E-state index contributed by atoms with van der Waals surface area (Å²) >= 11 is 0. The predicted molar refractivity (Wildman–Crippen MR) is 66.4 cm³/mol. The number of nitro groups is 1. The van der Waals surface area contributed by atoms with Crippen LogP contribution in [-0.4, -0.2) is 41.4 Å². The summed E-state index contributed by atoms with van der Waals surface area (Å²) in [7, 11) is 0. The van der Waals surface area contributed by atoms with Crippen LogP contribution in [0.25, 0.3) is 0 Å². The van der Waals surface area contributed by atoms with Gasteiger partial charge in [-0.2, -0.15) is 0 Å². The van der Waals surface area contributed by atoms with Crippen molar-refractivity contribution in [2.75, 3.05) is 19.6 Å². The third kappa shape index (κ3) is 2.70. The molecule has 1 atom stereocenters. The van der Waals surface area contributed by atoms with Crippen LogP contribution >= 0.6 is 0 Å². The van der Waals surface area contributed by atoms with Gasteiger partial charge in [-0.05, 0) is 13.0 Å². The van der Waals surface area contributed by atoms with Gasteiger partial charge in [0.15, 0.2) is 0 Å². The molecule has 19 heavy (non-hydrogen) atoms. The highest BCUT2D eigenvalue weighted by Gasteiger charge is 2.27. The van der Waals surface area contributed by atoms with Crippen molar-refractivity contribution in [2.45, 2.75) is 13.0 Å². The van der Waals surface area contributed by atoms with Gasteiger partial charge in [-0.25, -0.2) is 4.39 Å². The smallest absolute Gasteiger partial charge is 0.270 e. The number of hydrogen-bond acceptors (Lipinski definition) is 4. The van der Waals surface area contributed by atoms with Gasteiger partial charge in [-0.1, -0.05) is 0 Å². The Morgan fingerprint density at radius 3 is 2.95 bits per heavy atom. The van der Waals surface area contributed by atoms with Gasteiger partial charge in [0.2, 0.25) is 0 Å². The van der Waals surface area contributed by atoms with Crippen molar-refractivity contribution in [3.05, 3.63) is 39.7 Å². The number of non-ortho nitro benzene ring substituents is 1. The topological polar surface area (TPSA) is 75.5 Å². The Bertz CT molecular complexity index is 521. The van der Waals surface area contributed by atoms with E-state index in [4.69, 9.17) is 0 Å². The summed E-state index contributed by atoms with van der Waals surface area (Å²) in [5, 5.41) is 13.8. The molecule has 1 aromatic carbocycles. The number of nitrogens with zero attached hydrogens (tertiary/aromatic N) is 2. The molecule has 1 heterocycles. The molecule has 1 aromatic rings. The van der Waals surface area contributed by atoms with Gasteiger partial charge in [-0.15, -0.1) is 0 Å². The summed E-state index contributed by atoms with van der Waals surface area (Å²) in [6.45, 7) is 3.57. The fraction of sp³-hybridized carbons (Fsp3) is 0.417. The van der Waals surface area contributed by atoms with Crippen molar-refractivity contribution in [2.24, 2.45) is 0 Å². The molecule has 0 aliphatic carbocycles. The molecule has 0 aromatic heterocycles. The molecule has 2 rings (SSSR count). The van der Waals surface area contributed by atoms with Gasteiger partial charge in [0.1, 0.15) is 5.82 Å². The largest absolute Gasteiger partial charge is 0.333 e. The monoisotopic (exact) mass is 267 g/mol. The molecular formula is C12H14FN3O3. The average Bonchev–Trinajstić information content (AvgIpc) is 2.38. The van der Waals surface area contributed by atoms with Gasteiger partial charge in [0.05, 0.1) is 10.5 Å². The van der Waals surface area contributed by atoms with E-state index in [2.05, 4.69) is 5.32 Å². The maximum absolute atomic E-state index is 13.7. The minimum Gasteiger partial charge on any atom is -0.333 e. The molecule has 1 aliphatic rings. The average molecular weight is 267 g/mol. The minimum atomic E-state index is -0.735. The lowest BCUT2D eigenvalue weighted by Gasteiger charge is -2.34. The fourth-order valence-electron chi connectivity index (χ4n) is 2.09. The molecule has 1 aliphatic heterocycles. The van der Waals surface area contributed by atoms with Gasteiger partial charge in [0.25, 0.3) is 11.6 Å². The highest BCUT2D eigenvalue weighted by Crippen LogP contribution is 2.19. The van der Waals surface area contributed by atoms with Crippen LogP contribution in [0.3, 0.4) is 0 Å². The number of rotatable bonds is 2. The van der Waals surface area contributed by atoms with Crippen molar-refractivity contribution < 1.29 is 14.1 Å². The second-order valence-electron chi connectivity index (χ2n) is 4.47. The molecule has 1 N–H and O–H groups in total. The van der Waals surface area contributed by atoms with E-state index >= 15 is 0 Å². The molecule has 6 nitrogen and oxygen atoms in total. The van der Waals surface area contributed by atoms with Crippen LogP contribution in [-0.2, 0) is 0 Å². The summed E-state index contributed by atoms with van der Waals surface area (Å²) in [6.07, 6.45) is 0. The first kappa shape index (κ1) is 13.4. The number of carbonyl (C=O) groups is 1. The number of piperazine rings is 1. The lowest BCUT2D eigenvalue weighted by molar-refractivity contribution is -0.384. The summed E-state index contributed by atoms with van der Waals surface area (Å²) in [5.74, 6) is -1.24. The van der Waals surface area contributed by atoms with E-state index in [9.17, 15) is 19.3 Å². The number of hydrogen-bond donors (Lipinski definition) is 1. The molecule has 1 amide bonds. The maximum Gasteiger partial charge on any atom is 0.270 e. The van der Waals surface area contributed by atoms with Crippen molar-refractivity contribution in [3.63, 3.8) is 0 Å². The molecular weight excluding hydrogens is 253 g/mol. The van der Waals surface area contributed by atoms with Crippen LogP contribution in [0, 0.1) is 15.9 Å². The van der Waals surface area contributed by atoms with Crippen LogP contribution < -0.4 is 5.32 Å². The van der Waals surface area contributed by atoms with Crippen molar-refractivity contribution >= 4 is 11.6 Å². The van der Waals surface area contributed by atoms with E-state index in [0.717, 1.165) is 18.2 Å². The number of amides is 1. The summed E-state index contributed by atoms with van der Waals surface area (Å²) < 4.78 is 13.7. The van der Waals surface area contributed by atoms with Gasteiger partial charge in [-0.3, -0.25) is 14.9 Å². The van der Waals surface area contributed by atoms with Crippen LogP contribution in [0.15, 0.2) is 18.2 Å². The highest BCUT2D eigenvalue weighted by atomic mass is 19.1. The number of benzene rings is 1. The second kappa shape index (κ2) is 5.31. The van der Waals surface area contributed by atoms with Crippen molar-refractivity contribution in [1.82, 2.24) is 10.2 Å². The standard InChI is InChI=1S/C12H14FN3O3/c1-8-7-14-4-5-15(8)12(17)10-6-9(16(18)19)2-3-11(10)13/h2-3,6,8,14H,4-5,7H2,1H3/t8-/m0/s1. The normalized spacial score (nSPS) is 19.3. The maximum atomic E-state index is 13.7. The third-order valence-electron chi connectivity index (χ3n) is 3.15. The Hall–Kier alpha value is -2.02. The Kier molecular flexibility index (Phi) is 3.75. The molecule has 102 valence electrons. The van der Waals surface area contributed by atoms with E-state index in [-0.39, 0.29) is 17.3 Å². The SMILES string of the molecule is C[C@H]1CNCCN1C(=O)c1cc([N+](=O)[O-])ccc1F. The Labute approximate surface area is 109 Å². The summed E-state index contributed by atoms with van der Waals surface area (Å²) in [5.41, 5.74) is -0.532. The Morgan fingerprint density at radius 2 is 2.32 bits per heavy atom. The molecule has 1 saturated heterocycles. The zero-order valence-electron chi connectivity index (χ0n) is 10.4. The Balaban J connectivity index is 2.32. The molecule has 0 spiro atoms. The van der Waals surface area contributed by atoms with E-state index in [1.807, 2.05) is 6.92 Å². The van der Waals surface area contributed by atoms with E-state index < -0.39 is 16.6 Å². The molecule has 7 heteroatoms. The van der Waals surface area contributed by atoms with Crippen LogP contribution in [0.5, 0.6) is 0 Å². The number of halogens is 1. The first-order valence-electron chi connectivity index (χ1n) is 5.96. The second-order valence-corrected chi connectivity index (χ2v) is 4.47. The van der Waals surface area contributed by atoms with Gasteiger partial charge >= 0.3 is 0 Å². The van der Waals surface area contributed by atoms with E-state index in [1.165, 1.54) is 4.90 Å². The van der Waals surface area contributed by atoms with Crippen LogP contribution in [0.2, 0.25) is 0 Å². The van der Waals surface area contributed by atoms with Crippen LogP contribution in [0.4, 0.5) is 10.1 Å². The van der Waals surface area contributed by atoms with Crippen molar-refractivity contribution in [1.29, 1.82) is 0 Å².